The molecular formula is C10H20N2O. The van der Waals surface area contributed by atoms with Crippen LogP contribution in [0, 0.1) is 0 Å². The fourth-order valence-electron chi connectivity index (χ4n) is 2.14. The van der Waals surface area contributed by atoms with Gasteiger partial charge in [-0.15, -0.1) is 0 Å². The zero-order valence-corrected chi connectivity index (χ0v) is 8.24. The highest BCUT2D eigenvalue weighted by Gasteiger charge is 2.26. The lowest BCUT2D eigenvalue weighted by atomic mass is 9.91. The van der Waals surface area contributed by atoms with E-state index >= 15 is 0 Å². The summed E-state index contributed by atoms with van der Waals surface area (Å²) in [6.07, 6.45) is 5.64. The largest absolute Gasteiger partial charge is 0.376 e. The maximum Gasteiger partial charge on any atom is 0.0710 e. The van der Waals surface area contributed by atoms with Crippen LogP contribution in [0.5, 0.6) is 0 Å². The van der Waals surface area contributed by atoms with E-state index < -0.39 is 0 Å². The number of ether oxygens (including phenoxy) is 1. The molecule has 1 saturated carbocycles. The van der Waals surface area contributed by atoms with Crippen molar-refractivity contribution in [3.8, 4) is 0 Å². The highest BCUT2D eigenvalue weighted by atomic mass is 16.5. The topological polar surface area (TPSA) is 38.5 Å². The Kier molecular flexibility index (Phi) is 3.19. The summed E-state index contributed by atoms with van der Waals surface area (Å²) in [5.41, 5.74) is 5.60. The molecule has 3 nitrogen and oxygen atoms in total. The van der Waals surface area contributed by atoms with Crippen LogP contribution in [-0.2, 0) is 4.74 Å². The minimum absolute atomic E-state index is 0.310. The van der Waals surface area contributed by atoms with Crippen LogP contribution in [-0.4, -0.2) is 43.3 Å². The first kappa shape index (κ1) is 9.44. The lowest BCUT2D eigenvalue weighted by Crippen LogP contribution is -2.41. The normalized spacial score (nSPS) is 32.5. The lowest BCUT2D eigenvalue weighted by molar-refractivity contribution is 0.0628. The summed E-state index contributed by atoms with van der Waals surface area (Å²) in [5, 5.41) is 0. The Morgan fingerprint density at radius 3 is 2.69 bits per heavy atom. The fourth-order valence-corrected chi connectivity index (χ4v) is 2.14. The van der Waals surface area contributed by atoms with Crippen LogP contribution in [0.25, 0.3) is 0 Å². The molecule has 1 aliphatic heterocycles. The van der Waals surface area contributed by atoms with Gasteiger partial charge >= 0.3 is 0 Å². The molecule has 3 heteroatoms. The van der Waals surface area contributed by atoms with Crippen molar-refractivity contribution in [3.05, 3.63) is 0 Å². The molecule has 0 aromatic rings. The summed E-state index contributed by atoms with van der Waals surface area (Å²) in [7, 11) is 0. The molecule has 1 unspecified atom stereocenters. The van der Waals surface area contributed by atoms with Gasteiger partial charge in [-0.05, 0) is 19.3 Å². The summed E-state index contributed by atoms with van der Waals surface area (Å²) in [4.78, 5) is 2.58. The monoisotopic (exact) mass is 184 g/mol. The van der Waals surface area contributed by atoms with E-state index in [9.17, 15) is 0 Å². The maximum atomic E-state index is 5.63. The zero-order valence-electron chi connectivity index (χ0n) is 8.24. The third-order valence-electron chi connectivity index (χ3n) is 3.32. The quantitative estimate of drug-likeness (QED) is 0.682. The van der Waals surface area contributed by atoms with Crippen molar-refractivity contribution < 1.29 is 4.74 Å². The summed E-state index contributed by atoms with van der Waals surface area (Å²) in [5.74, 6) is 0. The molecule has 2 fully saturated rings. The molecule has 1 atom stereocenters. The molecule has 0 bridgehead atoms. The van der Waals surface area contributed by atoms with Crippen LogP contribution in [0.1, 0.15) is 25.7 Å². The van der Waals surface area contributed by atoms with Crippen LogP contribution >= 0.6 is 0 Å². The van der Waals surface area contributed by atoms with Gasteiger partial charge in [0, 0.05) is 25.7 Å². The Bertz CT molecular complexity index is 159. The molecule has 0 aromatic carbocycles. The first-order valence-electron chi connectivity index (χ1n) is 5.46. The predicted molar refractivity (Wildman–Crippen MR) is 52.6 cm³/mol. The Morgan fingerprint density at radius 1 is 1.23 bits per heavy atom. The van der Waals surface area contributed by atoms with Crippen molar-refractivity contribution in [3.63, 3.8) is 0 Å². The molecule has 76 valence electrons. The highest BCUT2D eigenvalue weighted by Crippen LogP contribution is 2.25. The molecule has 0 aromatic heterocycles. The van der Waals surface area contributed by atoms with E-state index in [0.717, 1.165) is 25.6 Å². The van der Waals surface area contributed by atoms with Crippen LogP contribution in [0.2, 0.25) is 0 Å². The molecule has 2 N–H and O–H groups in total. The van der Waals surface area contributed by atoms with Crippen LogP contribution < -0.4 is 5.73 Å². The van der Waals surface area contributed by atoms with Gasteiger partial charge in [-0.3, -0.25) is 4.90 Å². The Labute approximate surface area is 80.2 Å². The van der Waals surface area contributed by atoms with Crippen molar-refractivity contribution in [2.75, 3.05) is 26.2 Å². The van der Waals surface area contributed by atoms with Crippen molar-refractivity contribution >= 4 is 0 Å². The van der Waals surface area contributed by atoms with E-state index in [1.807, 2.05) is 0 Å². The predicted octanol–water partition coefficient (Wildman–Crippen LogP) is 0.588. The Balaban J connectivity index is 1.79. The smallest absolute Gasteiger partial charge is 0.0710 e. The number of rotatable bonds is 2. The standard InChI is InChI=1S/C10H20N2O/c11-8-10-4-5-12(6-7-13-10)9-2-1-3-9/h9-10H,1-8,11H2. The van der Waals surface area contributed by atoms with Crippen molar-refractivity contribution in [1.82, 2.24) is 4.90 Å². The van der Waals surface area contributed by atoms with Gasteiger partial charge < -0.3 is 10.5 Å². The summed E-state index contributed by atoms with van der Waals surface area (Å²) in [6.45, 7) is 3.85. The van der Waals surface area contributed by atoms with Crippen molar-refractivity contribution in [1.29, 1.82) is 0 Å². The fraction of sp³-hybridized carbons (Fsp3) is 1.00. The van der Waals surface area contributed by atoms with E-state index in [0.29, 0.717) is 12.6 Å². The molecule has 1 heterocycles. The average Bonchev–Trinajstić information content (AvgIpc) is 2.27. The van der Waals surface area contributed by atoms with E-state index in [2.05, 4.69) is 4.90 Å². The third kappa shape index (κ3) is 2.22. The van der Waals surface area contributed by atoms with Gasteiger partial charge in [0.25, 0.3) is 0 Å². The number of hydrogen-bond acceptors (Lipinski definition) is 3. The lowest BCUT2D eigenvalue weighted by Gasteiger charge is -2.36. The number of hydrogen-bond donors (Lipinski definition) is 1. The van der Waals surface area contributed by atoms with Gasteiger partial charge in [-0.25, -0.2) is 0 Å². The second kappa shape index (κ2) is 4.40. The van der Waals surface area contributed by atoms with Gasteiger partial charge in [0.15, 0.2) is 0 Å². The molecule has 2 rings (SSSR count). The molecule has 2 aliphatic rings. The van der Waals surface area contributed by atoms with Crippen molar-refractivity contribution in [2.45, 2.75) is 37.8 Å². The van der Waals surface area contributed by atoms with Gasteiger partial charge in [-0.2, -0.15) is 0 Å². The average molecular weight is 184 g/mol. The van der Waals surface area contributed by atoms with Gasteiger partial charge in [-0.1, -0.05) is 6.42 Å². The van der Waals surface area contributed by atoms with Crippen LogP contribution in [0.4, 0.5) is 0 Å². The summed E-state index contributed by atoms with van der Waals surface area (Å²) in [6, 6.07) is 0.861. The third-order valence-corrected chi connectivity index (χ3v) is 3.32. The first-order chi connectivity index (χ1) is 6.40. The van der Waals surface area contributed by atoms with Gasteiger partial charge in [0.05, 0.1) is 12.7 Å². The summed E-state index contributed by atoms with van der Waals surface area (Å²) < 4.78 is 5.63. The van der Waals surface area contributed by atoms with Gasteiger partial charge in [0.2, 0.25) is 0 Å². The van der Waals surface area contributed by atoms with E-state index in [1.54, 1.807) is 0 Å². The molecule has 0 spiro atoms. The number of nitrogens with zero attached hydrogens (tertiary/aromatic N) is 1. The van der Waals surface area contributed by atoms with Gasteiger partial charge in [0.1, 0.15) is 0 Å². The zero-order chi connectivity index (χ0) is 9.10. The Hall–Kier alpha value is -0.120. The molecule has 0 radical (unpaired) electrons. The van der Waals surface area contributed by atoms with E-state index in [-0.39, 0.29) is 0 Å². The molecule has 1 saturated heterocycles. The summed E-state index contributed by atoms with van der Waals surface area (Å²) >= 11 is 0. The molecular weight excluding hydrogens is 164 g/mol. The molecule has 1 aliphatic carbocycles. The maximum absolute atomic E-state index is 5.63. The molecule has 13 heavy (non-hydrogen) atoms. The van der Waals surface area contributed by atoms with Crippen LogP contribution in [0.15, 0.2) is 0 Å². The minimum atomic E-state index is 0.310. The van der Waals surface area contributed by atoms with Crippen molar-refractivity contribution in [2.24, 2.45) is 5.73 Å². The molecule has 0 amide bonds. The first-order valence-corrected chi connectivity index (χ1v) is 5.46. The van der Waals surface area contributed by atoms with E-state index in [4.69, 9.17) is 10.5 Å². The minimum Gasteiger partial charge on any atom is -0.376 e. The second-order valence-electron chi connectivity index (χ2n) is 4.14. The SMILES string of the molecule is NCC1CCN(C2CCC2)CCO1. The Morgan fingerprint density at radius 2 is 2.08 bits per heavy atom. The second-order valence-corrected chi connectivity index (χ2v) is 4.14. The van der Waals surface area contributed by atoms with E-state index in [1.165, 1.54) is 25.8 Å². The number of nitrogens with two attached hydrogens (primary N) is 1. The highest BCUT2D eigenvalue weighted by molar-refractivity contribution is 4.82. The van der Waals surface area contributed by atoms with Crippen LogP contribution in [0.3, 0.4) is 0 Å².